The van der Waals surface area contributed by atoms with E-state index < -0.39 is 0 Å². The minimum Gasteiger partial charge on any atom is -0.369 e. The van der Waals surface area contributed by atoms with Gasteiger partial charge in [-0.05, 0) is 30.5 Å². The van der Waals surface area contributed by atoms with Crippen LogP contribution in [0.4, 0.5) is 5.69 Å². The maximum absolute atomic E-state index is 11.2. The topological polar surface area (TPSA) is 72.2 Å². The van der Waals surface area contributed by atoms with E-state index in [0.717, 1.165) is 23.2 Å². The third-order valence-electron chi connectivity index (χ3n) is 2.96. The number of anilines is 1. The van der Waals surface area contributed by atoms with Gasteiger partial charge in [0.15, 0.2) is 0 Å². The molecule has 1 aromatic carbocycles. The molecule has 0 fully saturated rings. The normalized spacial score (nSPS) is 16.2. The van der Waals surface area contributed by atoms with Crippen LogP contribution in [0.1, 0.15) is 30.4 Å². The van der Waals surface area contributed by atoms with Gasteiger partial charge in [0, 0.05) is 12.1 Å². The molecule has 0 aliphatic carbocycles. The molecule has 1 heterocycles. The molecule has 1 unspecified atom stereocenters. The molecule has 0 saturated heterocycles. The summed E-state index contributed by atoms with van der Waals surface area (Å²) in [4.78, 5) is 22.3. The van der Waals surface area contributed by atoms with Gasteiger partial charge in [0.1, 0.15) is 0 Å². The van der Waals surface area contributed by atoms with Gasteiger partial charge in [0.25, 0.3) is 0 Å². The molecule has 0 bridgehead atoms. The number of hydrogen-bond donors (Lipinski definition) is 2. The highest BCUT2D eigenvalue weighted by Gasteiger charge is 2.18. The fourth-order valence-corrected chi connectivity index (χ4v) is 1.82. The van der Waals surface area contributed by atoms with Crippen molar-refractivity contribution in [3.8, 4) is 0 Å². The van der Waals surface area contributed by atoms with Crippen LogP contribution < -0.4 is 11.1 Å². The Morgan fingerprint density at radius 1 is 1.44 bits per heavy atom. The first-order valence-corrected chi connectivity index (χ1v) is 5.30. The maximum Gasteiger partial charge on any atom is 0.224 e. The summed E-state index contributed by atoms with van der Waals surface area (Å²) in [5.41, 5.74) is 8.00. The number of benzene rings is 1. The van der Waals surface area contributed by atoms with Gasteiger partial charge in [0.05, 0.1) is 5.92 Å². The average Bonchev–Trinajstić information content (AvgIpc) is 2.26. The first-order chi connectivity index (χ1) is 7.58. The minimum absolute atomic E-state index is 0.0244. The quantitative estimate of drug-likeness (QED) is 0.781. The van der Waals surface area contributed by atoms with Crippen LogP contribution in [0.3, 0.4) is 0 Å². The number of carbonyl (C=O) groups is 2. The molecule has 1 aliphatic rings. The molecule has 84 valence electrons. The Hall–Kier alpha value is -1.84. The summed E-state index contributed by atoms with van der Waals surface area (Å²) in [6.45, 7) is 1.76. The van der Waals surface area contributed by atoms with Gasteiger partial charge in [-0.25, -0.2) is 0 Å². The minimum atomic E-state index is -0.359. The van der Waals surface area contributed by atoms with Crippen molar-refractivity contribution in [3.63, 3.8) is 0 Å². The van der Waals surface area contributed by atoms with Crippen molar-refractivity contribution in [2.24, 2.45) is 5.73 Å². The number of amides is 2. The average molecular weight is 218 g/mol. The molecular formula is C12H14N2O2. The smallest absolute Gasteiger partial charge is 0.224 e. The van der Waals surface area contributed by atoms with Crippen LogP contribution in [-0.2, 0) is 16.0 Å². The Labute approximate surface area is 93.8 Å². The molecule has 3 N–H and O–H groups in total. The molecular weight excluding hydrogens is 204 g/mol. The summed E-state index contributed by atoms with van der Waals surface area (Å²) in [7, 11) is 0. The van der Waals surface area contributed by atoms with Gasteiger partial charge in [0.2, 0.25) is 11.8 Å². The van der Waals surface area contributed by atoms with Gasteiger partial charge in [-0.2, -0.15) is 0 Å². The van der Waals surface area contributed by atoms with Crippen LogP contribution in [0.15, 0.2) is 18.2 Å². The van der Waals surface area contributed by atoms with Crippen molar-refractivity contribution in [1.29, 1.82) is 0 Å². The van der Waals surface area contributed by atoms with E-state index in [4.69, 9.17) is 5.73 Å². The highest BCUT2D eigenvalue weighted by atomic mass is 16.2. The van der Waals surface area contributed by atoms with Crippen molar-refractivity contribution in [3.05, 3.63) is 29.3 Å². The van der Waals surface area contributed by atoms with Crippen molar-refractivity contribution in [2.45, 2.75) is 25.7 Å². The zero-order chi connectivity index (χ0) is 11.7. The highest BCUT2D eigenvalue weighted by Crippen LogP contribution is 2.26. The fourth-order valence-electron chi connectivity index (χ4n) is 1.82. The van der Waals surface area contributed by atoms with Crippen LogP contribution in [0.25, 0.3) is 0 Å². The monoisotopic (exact) mass is 218 g/mol. The SMILES string of the molecule is CC(C(N)=O)c1ccc2c(c1)NC(=O)CC2. The predicted octanol–water partition coefficient (Wildman–Crippen LogP) is 1.16. The number of nitrogens with one attached hydrogen (secondary N) is 1. The Balaban J connectivity index is 2.34. The van der Waals surface area contributed by atoms with Crippen molar-refractivity contribution < 1.29 is 9.59 Å². The van der Waals surface area contributed by atoms with Gasteiger partial charge < -0.3 is 11.1 Å². The molecule has 2 amide bonds. The van der Waals surface area contributed by atoms with Crippen molar-refractivity contribution >= 4 is 17.5 Å². The van der Waals surface area contributed by atoms with Crippen LogP contribution in [0.5, 0.6) is 0 Å². The van der Waals surface area contributed by atoms with Gasteiger partial charge in [-0.3, -0.25) is 9.59 Å². The molecule has 2 rings (SSSR count). The molecule has 0 radical (unpaired) electrons. The number of fused-ring (bicyclic) bond motifs is 1. The predicted molar refractivity (Wildman–Crippen MR) is 61.0 cm³/mol. The summed E-state index contributed by atoms with van der Waals surface area (Å²) in [6, 6.07) is 5.68. The molecule has 16 heavy (non-hydrogen) atoms. The Morgan fingerprint density at radius 2 is 2.19 bits per heavy atom. The first-order valence-electron chi connectivity index (χ1n) is 5.30. The zero-order valence-corrected chi connectivity index (χ0v) is 9.12. The molecule has 1 aliphatic heterocycles. The highest BCUT2D eigenvalue weighted by molar-refractivity contribution is 5.94. The molecule has 4 heteroatoms. The number of carbonyl (C=O) groups excluding carboxylic acids is 2. The second-order valence-corrected chi connectivity index (χ2v) is 4.09. The van der Waals surface area contributed by atoms with Gasteiger partial charge in [-0.1, -0.05) is 12.1 Å². The number of primary amides is 1. The van der Waals surface area contributed by atoms with E-state index in [0.29, 0.717) is 6.42 Å². The third kappa shape index (κ3) is 1.91. The zero-order valence-electron chi connectivity index (χ0n) is 9.12. The van der Waals surface area contributed by atoms with E-state index in [1.54, 1.807) is 6.92 Å². The molecule has 4 nitrogen and oxygen atoms in total. The van der Waals surface area contributed by atoms with E-state index in [9.17, 15) is 9.59 Å². The van der Waals surface area contributed by atoms with Gasteiger partial charge in [-0.15, -0.1) is 0 Å². The molecule has 1 atom stereocenters. The van der Waals surface area contributed by atoms with Crippen LogP contribution in [0.2, 0.25) is 0 Å². The lowest BCUT2D eigenvalue weighted by Crippen LogP contribution is -2.21. The molecule has 0 spiro atoms. The second-order valence-electron chi connectivity index (χ2n) is 4.09. The van der Waals surface area contributed by atoms with E-state index >= 15 is 0 Å². The van der Waals surface area contributed by atoms with E-state index in [2.05, 4.69) is 5.32 Å². The summed E-state index contributed by atoms with van der Waals surface area (Å²) < 4.78 is 0. The summed E-state index contributed by atoms with van der Waals surface area (Å²) in [5.74, 6) is -0.664. The standard InChI is InChI=1S/C12H14N2O2/c1-7(12(13)16)9-3-2-8-4-5-11(15)14-10(8)6-9/h2-3,6-7H,4-5H2,1H3,(H2,13,16)(H,14,15). The molecule has 0 aromatic heterocycles. The van der Waals surface area contributed by atoms with Crippen LogP contribution in [0, 0.1) is 0 Å². The molecule has 0 saturated carbocycles. The van der Waals surface area contributed by atoms with Crippen molar-refractivity contribution in [2.75, 3.05) is 5.32 Å². The lowest BCUT2D eigenvalue weighted by Gasteiger charge is -2.18. The Bertz CT molecular complexity index is 454. The lowest BCUT2D eigenvalue weighted by atomic mass is 9.95. The number of hydrogen-bond acceptors (Lipinski definition) is 2. The van der Waals surface area contributed by atoms with Crippen LogP contribution >= 0.6 is 0 Å². The first kappa shape index (κ1) is 10.7. The summed E-state index contributed by atoms with van der Waals surface area (Å²) >= 11 is 0. The van der Waals surface area contributed by atoms with E-state index in [-0.39, 0.29) is 17.7 Å². The van der Waals surface area contributed by atoms with Crippen LogP contribution in [-0.4, -0.2) is 11.8 Å². The largest absolute Gasteiger partial charge is 0.369 e. The Morgan fingerprint density at radius 3 is 2.88 bits per heavy atom. The second kappa shape index (κ2) is 3.96. The van der Waals surface area contributed by atoms with E-state index in [1.165, 1.54) is 0 Å². The number of rotatable bonds is 2. The van der Waals surface area contributed by atoms with E-state index in [1.807, 2.05) is 18.2 Å². The summed E-state index contributed by atoms with van der Waals surface area (Å²) in [6.07, 6.45) is 1.28. The summed E-state index contributed by atoms with van der Waals surface area (Å²) in [5, 5.41) is 2.80. The van der Waals surface area contributed by atoms with Crippen molar-refractivity contribution in [1.82, 2.24) is 0 Å². The van der Waals surface area contributed by atoms with Gasteiger partial charge >= 0.3 is 0 Å². The number of nitrogens with two attached hydrogens (primary N) is 1. The Kier molecular flexibility index (Phi) is 2.64. The molecule has 1 aromatic rings. The lowest BCUT2D eigenvalue weighted by molar-refractivity contribution is -0.119. The maximum atomic E-state index is 11.2. The number of aryl methyl sites for hydroxylation is 1. The third-order valence-corrected chi connectivity index (χ3v) is 2.96. The fraction of sp³-hybridized carbons (Fsp3) is 0.333.